The molecule has 1 aromatic rings. The van der Waals surface area contributed by atoms with Crippen molar-refractivity contribution in [1.29, 1.82) is 0 Å². The van der Waals surface area contributed by atoms with Gasteiger partial charge in [-0.1, -0.05) is 11.6 Å². The van der Waals surface area contributed by atoms with Crippen molar-refractivity contribution in [3.05, 3.63) is 35.6 Å². The molecule has 1 aliphatic heterocycles. The standard InChI is InChI=1S/C10H10ClNO2/c1-13-10-7-8(3-4-9(10)11)12-5-2-6-14-12/h2-4,6-7H,5H2,1H3. The Balaban J connectivity index is 2.26. The molecule has 1 heterocycles. The summed E-state index contributed by atoms with van der Waals surface area (Å²) < 4.78 is 5.11. The van der Waals surface area contributed by atoms with Crippen LogP contribution in [0.25, 0.3) is 0 Å². The van der Waals surface area contributed by atoms with Gasteiger partial charge in [-0.05, 0) is 18.2 Å². The van der Waals surface area contributed by atoms with E-state index in [1.54, 1.807) is 24.5 Å². The van der Waals surface area contributed by atoms with Crippen LogP contribution in [0.5, 0.6) is 5.75 Å². The molecule has 0 fully saturated rings. The van der Waals surface area contributed by atoms with Gasteiger partial charge < -0.3 is 9.57 Å². The van der Waals surface area contributed by atoms with Gasteiger partial charge >= 0.3 is 0 Å². The van der Waals surface area contributed by atoms with E-state index >= 15 is 0 Å². The first-order chi connectivity index (χ1) is 6.81. The molecule has 0 radical (unpaired) electrons. The molecule has 0 N–H and O–H groups in total. The molecule has 14 heavy (non-hydrogen) atoms. The van der Waals surface area contributed by atoms with E-state index in [0.717, 1.165) is 12.2 Å². The zero-order chi connectivity index (χ0) is 9.97. The Morgan fingerprint density at radius 2 is 2.36 bits per heavy atom. The van der Waals surface area contributed by atoms with Crippen LogP contribution in [0.4, 0.5) is 5.69 Å². The topological polar surface area (TPSA) is 21.7 Å². The number of hydroxylamine groups is 1. The fourth-order valence-electron chi connectivity index (χ4n) is 1.27. The second kappa shape index (κ2) is 3.80. The van der Waals surface area contributed by atoms with Crippen LogP contribution in [0.3, 0.4) is 0 Å². The summed E-state index contributed by atoms with van der Waals surface area (Å²) in [5.74, 6) is 0.652. The van der Waals surface area contributed by atoms with E-state index in [-0.39, 0.29) is 0 Å². The number of anilines is 1. The highest BCUT2D eigenvalue weighted by atomic mass is 35.5. The van der Waals surface area contributed by atoms with Gasteiger partial charge in [-0.25, -0.2) is 5.06 Å². The zero-order valence-corrected chi connectivity index (χ0v) is 8.49. The van der Waals surface area contributed by atoms with Gasteiger partial charge in [0.15, 0.2) is 0 Å². The molecule has 0 bridgehead atoms. The van der Waals surface area contributed by atoms with Gasteiger partial charge in [0.25, 0.3) is 0 Å². The minimum atomic E-state index is 0.600. The average Bonchev–Trinajstić information content (AvgIpc) is 2.71. The van der Waals surface area contributed by atoms with Crippen LogP contribution in [0.2, 0.25) is 5.02 Å². The fourth-order valence-corrected chi connectivity index (χ4v) is 1.46. The number of methoxy groups -OCH3 is 1. The first-order valence-corrected chi connectivity index (χ1v) is 4.62. The highest BCUT2D eigenvalue weighted by Gasteiger charge is 2.11. The molecule has 0 spiro atoms. The summed E-state index contributed by atoms with van der Waals surface area (Å²) in [7, 11) is 1.59. The van der Waals surface area contributed by atoms with E-state index in [9.17, 15) is 0 Å². The third-order valence-electron chi connectivity index (χ3n) is 1.98. The SMILES string of the molecule is COc1cc(N2CC=CO2)ccc1Cl. The molecule has 0 atom stereocenters. The largest absolute Gasteiger partial charge is 0.495 e. The smallest absolute Gasteiger partial charge is 0.139 e. The molecule has 1 aliphatic rings. The Hall–Kier alpha value is -1.35. The summed E-state index contributed by atoms with van der Waals surface area (Å²) in [6.07, 6.45) is 3.59. The maximum atomic E-state index is 5.90. The van der Waals surface area contributed by atoms with Crippen molar-refractivity contribution in [2.45, 2.75) is 0 Å². The number of rotatable bonds is 2. The van der Waals surface area contributed by atoms with E-state index in [0.29, 0.717) is 10.8 Å². The Labute approximate surface area is 87.4 Å². The van der Waals surface area contributed by atoms with E-state index < -0.39 is 0 Å². The average molecular weight is 212 g/mol. The van der Waals surface area contributed by atoms with Gasteiger partial charge in [-0.3, -0.25) is 0 Å². The number of halogens is 1. The molecule has 0 saturated carbocycles. The lowest BCUT2D eigenvalue weighted by Crippen LogP contribution is -2.16. The molecule has 2 rings (SSSR count). The lowest BCUT2D eigenvalue weighted by atomic mass is 10.3. The number of hydrogen-bond donors (Lipinski definition) is 0. The number of ether oxygens (including phenoxy) is 1. The summed E-state index contributed by atoms with van der Waals surface area (Å²) in [6, 6.07) is 5.52. The van der Waals surface area contributed by atoms with Gasteiger partial charge in [0.05, 0.1) is 24.4 Å². The van der Waals surface area contributed by atoms with Gasteiger partial charge in [0.2, 0.25) is 0 Å². The summed E-state index contributed by atoms with van der Waals surface area (Å²) >= 11 is 5.90. The van der Waals surface area contributed by atoms with Crippen molar-refractivity contribution in [3.8, 4) is 5.75 Å². The molecule has 3 nitrogen and oxygen atoms in total. The van der Waals surface area contributed by atoms with Crippen molar-refractivity contribution >= 4 is 17.3 Å². The Morgan fingerprint density at radius 1 is 1.50 bits per heavy atom. The molecule has 1 aromatic carbocycles. The second-order valence-corrected chi connectivity index (χ2v) is 3.26. The van der Waals surface area contributed by atoms with Crippen LogP contribution in [0.1, 0.15) is 0 Å². The Bertz CT molecular complexity index is 357. The van der Waals surface area contributed by atoms with E-state index in [1.807, 2.05) is 18.2 Å². The second-order valence-electron chi connectivity index (χ2n) is 2.86. The van der Waals surface area contributed by atoms with Crippen LogP contribution < -0.4 is 9.80 Å². The molecular formula is C10H10ClNO2. The maximum Gasteiger partial charge on any atom is 0.139 e. The van der Waals surface area contributed by atoms with Crippen LogP contribution >= 0.6 is 11.6 Å². The van der Waals surface area contributed by atoms with E-state index in [2.05, 4.69) is 0 Å². The molecule has 74 valence electrons. The first-order valence-electron chi connectivity index (χ1n) is 4.24. The molecule has 0 unspecified atom stereocenters. The number of benzene rings is 1. The number of nitrogens with zero attached hydrogens (tertiary/aromatic N) is 1. The van der Waals surface area contributed by atoms with E-state index in [1.165, 1.54) is 0 Å². The highest BCUT2D eigenvalue weighted by Crippen LogP contribution is 2.30. The highest BCUT2D eigenvalue weighted by molar-refractivity contribution is 6.32. The third kappa shape index (κ3) is 1.63. The normalized spacial score (nSPS) is 14.3. The molecule has 0 amide bonds. The van der Waals surface area contributed by atoms with Crippen molar-refractivity contribution < 1.29 is 9.57 Å². The van der Waals surface area contributed by atoms with Crippen LogP contribution in [-0.2, 0) is 4.84 Å². The fraction of sp³-hybridized carbons (Fsp3) is 0.200. The Morgan fingerprint density at radius 3 is 3.00 bits per heavy atom. The molecule has 0 saturated heterocycles. The van der Waals surface area contributed by atoms with Crippen molar-refractivity contribution in [2.75, 3.05) is 18.7 Å². The van der Waals surface area contributed by atoms with Gasteiger partial charge in [0.1, 0.15) is 12.0 Å². The zero-order valence-electron chi connectivity index (χ0n) is 7.74. The van der Waals surface area contributed by atoms with Crippen molar-refractivity contribution in [3.63, 3.8) is 0 Å². The van der Waals surface area contributed by atoms with Crippen LogP contribution in [-0.4, -0.2) is 13.7 Å². The van der Waals surface area contributed by atoms with Gasteiger partial charge in [0, 0.05) is 6.07 Å². The maximum absolute atomic E-state index is 5.90. The molecular weight excluding hydrogens is 202 g/mol. The monoisotopic (exact) mass is 211 g/mol. The van der Waals surface area contributed by atoms with Crippen LogP contribution in [0.15, 0.2) is 30.5 Å². The summed E-state index contributed by atoms with van der Waals surface area (Å²) in [5, 5.41) is 2.35. The summed E-state index contributed by atoms with van der Waals surface area (Å²) in [5.41, 5.74) is 0.927. The van der Waals surface area contributed by atoms with Gasteiger partial charge in [-0.2, -0.15) is 0 Å². The van der Waals surface area contributed by atoms with Crippen molar-refractivity contribution in [2.24, 2.45) is 0 Å². The third-order valence-corrected chi connectivity index (χ3v) is 2.29. The number of hydrogen-bond acceptors (Lipinski definition) is 3. The molecule has 0 aromatic heterocycles. The lowest BCUT2D eigenvalue weighted by Gasteiger charge is -2.17. The molecule has 0 aliphatic carbocycles. The van der Waals surface area contributed by atoms with Gasteiger partial charge in [-0.15, -0.1) is 0 Å². The first kappa shape index (κ1) is 9.21. The lowest BCUT2D eigenvalue weighted by molar-refractivity contribution is 0.246. The predicted octanol–water partition coefficient (Wildman–Crippen LogP) is 2.61. The summed E-state index contributed by atoms with van der Waals surface area (Å²) in [6.45, 7) is 0.741. The van der Waals surface area contributed by atoms with E-state index in [4.69, 9.17) is 21.2 Å². The predicted molar refractivity (Wildman–Crippen MR) is 55.6 cm³/mol. The van der Waals surface area contributed by atoms with Crippen molar-refractivity contribution in [1.82, 2.24) is 0 Å². The minimum Gasteiger partial charge on any atom is -0.495 e. The Kier molecular flexibility index (Phi) is 2.50. The summed E-state index contributed by atoms with van der Waals surface area (Å²) in [4.78, 5) is 5.23. The van der Waals surface area contributed by atoms with Crippen LogP contribution in [0, 0.1) is 0 Å². The minimum absolute atomic E-state index is 0.600. The quantitative estimate of drug-likeness (QED) is 0.751. The molecule has 4 heteroatoms.